The average molecular weight is 430 g/mol. The van der Waals surface area contributed by atoms with Crippen LogP contribution in [-0.2, 0) is 9.59 Å². The minimum Gasteiger partial charge on any atom is -0.486 e. The Bertz CT molecular complexity index is 861. The van der Waals surface area contributed by atoms with Crippen LogP contribution in [0.1, 0.15) is 64.0 Å². The lowest BCUT2D eigenvalue weighted by atomic mass is 9.90. The molecule has 1 saturated carbocycles. The van der Waals surface area contributed by atoms with Crippen molar-refractivity contribution in [2.45, 2.75) is 64.0 Å². The molecule has 4 amide bonds. The van der Waals surface area contributed by atoms with Gasteiger partial charge in [0.2, 0.25) is 5.91 Å². The zero-order valence-electron chi connectivity index (χ0n) is 18.2. The minimum absolute atomic E-state index is 0.0998. The second kappa shape index (κ2) is 8.77. The molecule has 1 saturated heterocycles. The summed E-state index contributed by atoms with van der Waals surface area (Å²) in [6.07, 6.45) is 5.23. The molecule has 1 aliphatic carbocycles. The number of rotatable bonds is 5. The van der Waals surface area contributed by atoms with Crippen molar-refractivity contribution in [2.75, 3.05) is 19.8 Å². The van der Waals surface area contributed by atoms with Crippen molar-refractivity contribution in [3.8, 4) is 11.5 Å². The summed E-state index contributed by atoms with van der Waals surface area (Å²) in [6, 6.07) is 4.89. The number of hydrogen-bond donors (Lipinski definition) is 2. The lowest BCUT2D eigenvalue weighted by molar-refractivity contribution is -0.135. The first-order valence-electron chi connectivity index (χ1n) is 11.2. The van der Waals surface area contributed by atoms with E-state index in [-0.39, 0.29) is 30.3 Å². The number of carbonyl (C=O) groups excluding carboxylic acids is 3. The van der Waals surface area contributed by atoms with Crippen molar-refractivity contribution in [3.05, 3.63) is 23.8 Å². The lowest BCUT2D eigenvalue weighted by Crippen LogP contribution is -2.47. The molecule has 3 aliphatic rings. The lowest BCUT2D eigenvalue weighted by Gasteiger charge is -2.27. The fourth-order valence-electron chi connectivity index (χ4n) is 4.74. The first kappa shape index (κ1) is 21.5. The SMILES string of the molecule is CC(C)[C@@H](NC(=O)CN1C(=O)NC2(CCCCCC2)C1=O)c1ccc2c(c1)OCCO2. The molecule has 1 atom stereocenters. The quantitative estimate of drug-likeness (QED) is 0.702. The Kier molecular flexibility index (Phi) is 6.07. The van der Waals surface area contributed by atoms with Crippen molar-refractivity contribution in [3.63, 3.8) is 0 Å². The smallest absolute Gasteiger partial charge is 0.325 e. The van der Waals surface area contributed by atoms with Crippen molar-refractivity contribution < 1.29 is 23.9 Å². The van der Waals surface area contributed by atoms with E-state index in [1.165, 1.54) is 0 Å². The first-order chi connectivity index (χ1) is 14.9. The third-order valence-corrected chi connectivity index (χ3v) is 6.41. The minimum atomic E-state index is -0.832. The van der Waals surface area contributed by atoms with E-state index in [2.05, 4.69) is 10.6 Å². The number of ether oxygens (including phenoxy) is 2. The highest BCUT2D eigenvalue weighted by atomic mass is 16.6. The predicted octanol–water partition coefficient (Wildman–Crippen LogP) is 2.92. The van der Waals surface area contributed by atoms with Crippen LogP contribution >= 0.6 is 0 Å². The van der Waals surface area contributed by atoms with Crippen molar-refractivity contribution in [1.29, 1.82) is 0 Å². The molecule has 1 aromatic rings. The molecule has 2 N–H and O–H groups in total. The molecule has 2 fully saturated rings. The number of hydrogen-bond acceptors (Lipinski definition) is 5. The van der Waals surface area contributed by atoms with Crippen LogP contribution in [0.5, 0.6) is 11.5 Å². The van der Waals surface area contributed by atoms with E-state index in [1.54, 1.807) is 0 Å². The fourth-order valence-corrected chi connectivity index (χ4v) is 4.74. The zero-order valence-corrected chi connectivity index (χ0v) is 18.2. The molecule has 0 radical (unpaired) electrons. The second-order valence-corrected chi connectivity index (χ2v) is 9.01. The number of carbonyl (C=O) groups is 3. The van der Waals surface area contributed by atoms with Gasteiger partial charge in [0.05, 0.1) is 6.04 Å². The Morgan fingerprint density at radius 3 is 2.45 bits per heavy atom. The molecular formula is C23H31N3O5. The van der Waals surface area contributed by atoms with Crippen LogP contribution in [-0.4, -0.2) is 48.0 Å². The molecule has 1 aromatic carbocycles. The molecule has 0 unspecified atom stereocenters. The Hall–Kier alpha value is -2.77. The van der Waals surface area contributed by atoms with E-state index in [0.717, 1.165) is 36.1 Å². The Balaban J connectivity index is 1.45. The normalized spacial score (nSPS) is 21.1. The molecule has 31 heavy (non-hydrogen) atoms. The van der Waals surface area contributed by atoms with Gasteiger partial charge in [0.15, 0.2) is 11.5 Å². The third kappa shape index (κ3) is 4.34. The molecule has 168 valence electrons. The van der Waals surface area contributed by atoms with Crippen LogP contribution in [0.15, 0.2) is 18.2 Å². The largest absolute Gasteiger partial charge is 0.486 e. The third-order valence-electron chi connectivity index (χ3n) is 6.41. The molecule has 2 heterocycles. The summed E-state index contributed by atoms with van der Waals surface area (Å²) in [4.78, 5) is 39.5. The maximum Gasteiger partial charge on any atom is 0.325 e. The molecule has 1 spiro atoms. The number of urea groups is 1. The van der Waals surface area contributed by atoms with Crippen LogP contribution in [0.2, 0.25) is 0 Å². The van der Waals surface area contributed by atoms with E-state index in [9.17, 15) is 14.4 Å². The summed E-state index contributed by atoms with van der Waals surface area (Å²) in [5.74, 6) is 0.825. The summed E-state index contributed by atoms with van der Waals surface area (Å²) < 4.78 is 11.2. The molecule has 0 aromatic heterocycles. The van der Waals surface area contributed by atoms with Gasteiger partial charge in [0, 0.05) is 0 Å². The first-order valence-corrected chi connectivity index (χ1v) is 11.2. The van der Waals surface area contributed by atoms with Crippen LogP contribution in [0.4, 0.5) is 4.79 Å². The topological polar surface area (TPSA) is 97.0 Å². The van der Waals surface area contributed by atoms with Crippen LogP contribution in [0.3, 0.4) is 0 Å². The number of amides is 4. The highest BCUT2D eigenvalue weighted by Crippen LogP contribution is 2.35. The van der Waals surface area contributed by atoms with Gasteiger partial charge >= 0.3 is 6.03 Å². The van der Waals surface area contributed by atoms with Gasteiger partial charge in [-0.25, -0.2) is 4.79 Å². The number of nitrogens with one attached hydrogen (secondary N) is 2. The predicted molar refractivity (Wildman–Crippen MR) is 114 cm³/mol. The standard InChI is InChI=1S/C23H31N3O5/c1-15(2)20(16-7-8-17-18(13-16)31-12-11-30-17)24-19(27)14-26-21(28)23(25-22(26)29)9-5-3-4-6-10-23/h7-8,13,15,20H,3-6,9-12,14H2,1-2H3,(H,24,27)(H,25,29)/t20-/m1/s1. The molecule has 8 nitrogen and oxygen atoms in total. The fraction of sp³-hybridized carbons (Fsp3) is 0.609. The molecule has 8 heteroatoms. The molecule has 2 aliphatic heterocycles. The Labute approximate surface area is 182 Å². The maximum atomic E-state index is 13.1. The van der Waals surface area contributed by atoms with E-state index < -0.39 is 11.6 Å². The highest BCUT2D eigenvalue weighted by molar-refractivity contribution is 6.09. The average Bonchev–Trinajstić information content (AvgIpc) is 2.92. The second-order valence-electron chi connectivity index (χ2n) is 9.01. The molecule has 0 bridgehead atoms. The van der Waals surface area contributed by atoms with Gasteiger partial charge in [0.25, 0.3) is 5.91 Å². The van der Waals surface area contributed by atoms with Gasteiger partial charge < -0.3 is 20.1 Å². The van der Waals surface area contributed by atoms with Gasteiger partial charge in [-0.3, -0.25) is 14.5 Å². The number of imide groups is 1. The van der Waals surface area contributed by atoms with Crippen molar-refractivity contribution >= 4 is 17.8 Å². The van der Waals surface area contributed by atoms with E-state index >= 15 is 0 Å². The van der Waals surface area contributed by atoms with Crippen LogP contribution < -0.4 is 20.1 Å². The Morgan fingerprint density at radius 1 is 1.10 bits per heavy atom. The maximum absolute atomic E-state index is 13.1. The summed E-state index contributed by atoms with van der Waals surface area (Å²) >= 11 is 0. The van der Waals surface area contributed by atoms with Crippen molar-refractivity contribution in [2.24, 2.45) is 5.92 Å². The monoisotopic (exact) mass is 429 g/mol. The highest BCUT2D eigenvalue weighted by Gasteiger charge is 2.51. The molecule has 4 rings (SSSR count). The zero-order chi connectivity index (χ0) is 22.0. The van der Waals surface area contributed by atoms with Crippen LogP contribution in [0.25, 0.3) is 0 Å². The van der Waals surface area contributed by atoms with Gasteiger partial charge in [0.1, 0.15) is 25.3 Å². The van der Waals surface area contributed by atoms with Crippen LogP contribution in [0, 0.1) is 5.92 Å². The Morgan fingerprint density at radius 2 is 1.77 bits per heavy atom. The number of fused-ring (bicyclic) bond motifs is 1. The molecular weight excluding hydrogens is 398 g/mol. The van der Waals surface area contributed by atoms with E-state index in [1.807, 2.05) is 32.0 Å². The summed E-state index contributed by atoms with van der Waals surface area (Å²) in [7, 11) is 0. The summed E-state index contributed by atoms with van der Waals surface area (Å²) in [5, 5.41) is 5.89. The van der Waals surface area contributed by atoms with Gasteiger partial charge in [-0.05, 0) is 36.5 Å². The van der Waals surface area contributed by atoms with E-state index in [4.69, 9.17) is 9.47 Å². The van der Waals surface area contributed by atoms with E-state index in [0.29, 0.717) is 37.6 Å². The van der Waals surface area contributed by atoms with Gasteiger partial charge in [-0.1, -0.05) is 45.6 Å². The van der Waals surface area contributed by atoms with Gasteiger partial charge in [-0.15, -0.1) is 0 Å². The summed E-state index contributed by atoms with van der Waals surface area (Å²) in [5.41, 5.74) is 0.0614. The van der Waals surface area contributed by atoms with Gasteiger partial charge in [-0.2, -0.15) is 0 Å². The number of benzene rings is 1. The number of nitrogens with zero attached hydrogens (tertiary/aromatic N) is 1. The van der Waals surface area contributed by atoms with Crippen molar-refractivity contribution in [1.82, 2.24) is 15.5 Å². The summed E-state index contributed by atoms with van der Waals surface area (Å²) in [6.45, 7) is 4.75.